The second-order valence-electron chi connectivity index (χ2n) is 12.5. The van der Waals surface area contributed by atoms with E-state index in [0.29, 0.717) is 0 Å². The van der Waals surface area contributed by atoms with Gasteiger partial charge in [0.05, 0.1) is 0 Å². The smallest absolute Gasteiger partial charge is 0.320 e. The van der Waals surface area contributed by atoms with Crippen LogP contribution in [0.4, 0.5) is 0 Å². The fourth-order valence-electron chi connectivity index (χ4n) is 7.14. The third-order valence-corrected chi connectivity index (χ3v) is 9.85. The van der Waals surface area contributed by atoms with E-state index in [4.69, 9.17) is 4.74 Å². The van der Waals surface area contributed by atoms with Crippen LogP contribution in [0.15, 0.2) is 30.3 Å². The molecule has 0 aromatic heterocycles. The lowest BCUT2D eigenvalue weighted by Crippen LogP contribution is -2.60. The summed E-state index contributed by atoms with van der Waals surface area (Å²) in [5.41, 5.74) is -0.333. The van der Waals surface area contributed by atoms with E-state index in [1.807, 2.05) is 26.8 Å². The number of rotatable bonds is 4. The molecule has 3 aliphatic carbocycles. The van der Waals surface area contributed by atoms with Crippen molar-refractivity contribution in [2.75, 3.05) is 0 Å². The average molecular weight is 427 g/mol. The second-order valence-corrected chi connectivity index (χ2v) is 18.1. The fourth-order valence-corrected chi connectivity index (χ4v) is 9.10. The molecule has 0 radical (unpaired) electrons. The lowest BCUT2D eigenvalue weighted by molar-refractivity contribution is -0.190. The highest BCUT2D eigenvalue weighted by Crippen LogP contribution is 2.75. The van der Waals surface area contributed by atoms with Crippen LogP contribution in [-0.2, 0) is 14.3 Å². The summed E-state index contributed by atoms with van der Waals surface area (Å²) in [5.74, 6) is 0.403. The molecule has 0 saturated heterocycles. The van der Waals surface area contributed by atoms with Gasteiger partial charge in [0.15, 0.2) is 5.78 Å². The predicted molar refractivity (Wildman–Crippen MR) is 123 cm³/mol. The van der Waals surface area contributed by atoms with E-state index >= 15 is 0 Å². The monoisotopic (exact) mass is 426 g/mol. The van der Waals surface area contributed by atoms with Crippen molar-refractivity contribution >= 4 is 19.8 Å². The molecule has 0 aliphatic heterocycles. The van der Waals surface area contributed by atoms with E-state index in [1.165, 1.54) is 5.56 Å². The maximum absolute atomic E-state index is 14.3. The first-order chi connectivity index (χ1) is 13.8. The van der Waals surface area contributed by atoms with Gasteiger partial charge in [0.2, 0.25) is 0 Å². The molecule has 0 bridgehead atoms. The van der Waals surface area contributed by atoms with Crippen LogP contribution in [0.25, 0.3) is 0 Å². The first kappa shape index (κ1) is 21.8. The Morgan fingerprint density at radius 3 is 2.37 bits per heavy atom. The van der Waals surface area contributed by atoms with Crippen molar-refractivity contribution in [3.63, 3.8) is 0 Å². The van der Waals surface area contributed by atoms with Crippen LogP contribution in [0.1, 0.15) is 58.4 Å². The van der Waals surface area contributed by atoms with Crippen LogP contribution >= 0.6 is 0 Å². The maximum atomic E-state index is 14.3. The standard InChI is InChI=1S/C26H38O3Si/c1-24(2,3)29-23(28)26-18(16-30(5,6)7)15-20(26)25(4)14-13-19(21(25)22(26)27)17-11-9-8-10-12-17/h8-12,18-21H,13-16H2,1-7H3/t18-,19+,20-,21?,25+,26+/m0/s1. The quantitative estimate of drug-likeness (QED) is 0.333. The number of hydrogen-bond donors (Lipinski definition) is 0. The fraction of sp³-hybridized carbons (Fsp3) is 0.692. The molecule has 3 fully saturated rings. The minimum Gasteiger partial charge on any atom is -0.459 e. The third-order valence-electron chi connectivity index (χ3n) is 8.13. The summed E-state index contributed by atoms with van der Waals surface area (Å²) < 4.78 is 5.97. The van der Waals surface area contributed by atoms with Crippen molar-refractivity contribution in [3.05, 3.63) is 35.9 Å². The molecule has 1 unspecified atom stereocenters. The number of hydrogen-bond acceptors (Lipinski definition) is 3. The van der Waals surface area contributed by atoms with Gasteiger partial charge in [-0.3, -0.25) is 9.59 Å². The number of Topliss-reactive ketones (excluding diaryl/α,β-unsaturated/α-hetero) is 1. The molecule has 6 atom stereocenters. The van der Waals surface area contributed by atoms with Gasteiger partial charge in [0, 0.05) is 14.0 Å². The first-order valence-electron chi connectivity index (χ1n) is 11.6. The van der Waals surface area contributed by atoms with Gasteiger partial charge in [-0.05, 0) is 68.8 Å². The molecule has 3 aliphatic rings. The normalized spacial score (nSPS) is 38.0. The summed E-state index contributed by atoms with van der Waals surface area (Å²) in [7, 11) is -1.43. The van der Waals surface area contributed by atoms with Crippen molar-refractivity contribution in [1.82, 2.24) is 0 Å². The van der Waals surface area contributed by atoms with Gasteiger partial charge in [0.25, 0.3) is 0 Å². The van der Waals surface area contributed by atoms with Gasteiger partial charge in [-0.25, -0.2) is 0 Å². The minimum atomic E-state index is -1.43. The van der Waals surface area contributed by atoms with E-state index in [1.54, 1.807) is 0 Å². The molecule has 0 spiro atoms. The summed E-state index contributed by atoms with van der Waals surface area (Å²) in [6.07, 6.45) is 3.07. The van der Waals surface area contributed by atoms with E-state index in [-0.39, 0.29) is 40.8 Å². The molecule has 4 heteroatoms. The molecule has 4 rings (SSSR count). The van der Waals surface area contributed by atoms with Crippen LogP contribution in [0.2, 0.25) is 25.7 Å². The van der Waals surface area contributed by atoms with Crippen molar-refractivity contribution < 1.29 is 14.3 Å². The van der Waals surface area contributed by atoms with Crippen molar-refractivity contribution in [2.24, 2.45) is 28.6 Å². The third kappa shape index (κ3) is 3.13. The zero-order valence-corrected chi connectivity index (χ0v) is 20.7. The van der Waals surface area contributed by atoms with Crippen molar-refractivity contribution in [1.29, 1.82) is 0 Å². The molecule has 164 valence electrons. The van der Waals surface area contributed by atoms with E-state index in [9.17, 15) is 9.59 Å². The van der Waals surface area contributed by atoms with Gasteiger partial charge >= 0.3 is 5.97 Å². The number of benzene rings is 1. The highest BCUT2D eigenvalue weighted by Gasteiger charge is 2.79. The summed E-state index contributed by atoms with van der Waals surface area (Å²) in [6, 6.07) is 11.5. The minimum absolute atomic E-state index is 0.0657. The molecule has 3 saturated carbocycles. The lowest BCUT2D eigenvalue weighted by atomic mass is 9.50. The number of esters is 1. The Bertz CT molecular complexity index is 849. The number of carbonyl (C=O) groups is 2. The maximum Gasteiger partial charge on any atom is 0.320 e. The molecule has 1 aromatic rings. The number of fused-ring (bicyclic) bond motifs is 3. The van der Waals surface area contributed by atoms with Gasteiger partial charge in [0.1, 0.15) is 11.0 Å². The Hall–Kier alpha value is -1.42. The highest BCUT2D eigenvalue weighted by molar-refractivity contribution is 6.76. The lowest BCUT2D eigenvalue weighted by Gasteiger charge is -2.54. The Balaban J connectivity index is 1.77. The Morgan fingerprint density at radius 1 is 1.17 bits per heavy atom. The first-order valence-corrected chi connectivity index (χ1v) is 15.3. The van der Waals surface area contributed by atoms with Crippen LogP contribution in [0.5, 0.6) is 0 Å². The Kier molecular flexibility index (Phi) is 4.93. The van der Waals surface area contributed by atoms with Crippen molar-refractivity contribution in [2.45, 2.75) is 84.2 Å². The van der Waals surface area contributed by atoms with Gasteiger partial charge < -0.3 is 4.74 Å². The Morgan fingerprint density at radius 2 is 1.80 bits per heavy atom. The molecule has 0 amide bonds. The zero-order valence-electron chi connectivity index (χ0n) is 19.7. The van der Waals surface area contributed by atoms with E-state index in [2.05, 4.69) is 50.8 Å². The van der Waals surface area contributed by atoms with Gasteiger partial charge in [-0.2, -0.15) is 0 Å². The summed E-state index contributed by atoms with van der Waals surface area (Å²) in [6.45, 7) is 15.1. The van der Waals surface area contributed by atoms with Crippen LogP contribution in [0, 0.1) is 28.6 Å². The molecule has 0 heterocycles. The topological polar surface area (TPSA) is 43.4 Å². The number of ether oxygens (including phenoxy) is 1. The largest absolute Gasteiger partial charge is 0.459 e. The van der Waals surface area contributed by atoms with E-state index < -0.39 is 19.1 Å². The predicted octanol–water partition coefficient (Wildman–Crippen LogP) is 6.07. The van der Waals surface area contributed by atoms with Gasteiger partial charge in [-0.15, -0.1) is 0 Å². The number of ketones is 1. The Labute approximate surface area is 183 Å². The molecular weight excluding hydrogens is 388 g/mol. The highest BCUT2D eigenvalue weighted by atomic mass is 28.3. The molecule has 3 nitrogen and oxygen atoms in total. The molecule has 0 N–H and O–H groups in total. The molecule has 30 heavy (non-hydrogen) atoms. The van der Waals surface area contributed by atoms with E-state index in [0.717, 1.165) is 25.3 Å². The van der Waals surface area contributed by atoms with Gasteiger partial charge in [-0.1, -0.05) is 62.9 Å². The molecular formula is C26H38O3Si. The second kappa shape index (κ2) is 6.79. The summed E-state index contributed by atoms with van der Waals surface area (Å²) >= 11 is 0. The van der Waals surface area contributed by atoms with Crippen LogP contribution in [0.3, 0.4) is 0 Å². The average Bonchev–Trinajstić information content (AvgIpc) is 3.00. The van der Waals surface area contributed by atoms with Crippen molar-refractivity contribution in [3.8, 4) is 0 Å². The van der Waals surface area contributed by atoms with Crippen LogP contribution in [-0.4, -0.2) is 25.4 Å². The van der Waals surface area contributed by atoms with Crippen LogP contribution < -0.4 is 0 Å². The number of carbonyl (C=O) groups excluding carboxylic acids is 2. The summed E-state index contributed by atoms with van der Waals surface area (Å²) in [4.78, 5) is 28.0. The molecule has 1 aromatic carbocycles. The SMILES string of the molecule is CC(C)(C)OC(=O)[C@@]12C(=O)C3[C@@H](c4ccccc4)CC[C@]3(C)[C@@H]1C[C@H]2C[Si](C)(C)C. The summed E-state index contributed by atoms with van der Waals surface area (Å²) in [5, 5.41) is 0. The zero-order chi connectivity index (χ0) is 22.1.